The number of aliphatic imine (C=N–C) groups is 1. The van der Waals surface area contributed by atoms with Crippen LogP contribution in [0.4, 0.5) is 0 Å². The summed E-state index contributed by atoms with van der Waals surface area (Å²) in [5.41, 5.74) is 1.14. The van der Waals surface area contributed by atoms with Crippen LogP contribution >= 0.6 is 0 Å². The fourth-order valence-electron chi connectivity index (χ4n) is 3.61. The molecule has 1 saturated heterocycles. The predicted molar refractivity (Wildman–Crippen MR) is 125 cm³/mol. The number of piperidine rings is 1. The minimum atomic E-state index is 0.450. The van der Waals surface area contributed by atoms with Crippen molar-refractivity contribution >= 4 is 5.96 Å². The van der Waals surface area contributed by atoms with Crippen LogP contribution in [0.5, 0.6) is 11.5 Å². The number of nitrogens with zero attached hydrogens (tertiary/aromatic N) is 3. The average molecular weight is 426 g/mol. The number of benzene rings is 1. The number of nitrogens with one attached hydrogen (secondary N) is 2. The normalized spacial score (nSPS) is 15.5. The largest absolute Gasteiger partial charge is 0.497 e. The quantitative estimate of drug-likeness (QED) is 0.346. The van der Waals surface area contributed by atoms with E-state index in [-0.39, 0.29) is 0 Å². The van der Waals surface area contributed by atoms with Crippen molar-refractivity contribution in [3.05, 3.63) is 54.4 Å². The van der Waals surface area contributed by atoms with Crippen LogP contribution < -0.4 is 20.1 Å². The number of hydrogen-bond acceptors (Lipinski definition) is 5. The van der Waals surface area contributed by atoms with Crippen LogP contribution in [-0.2, 0) is 6.54 Å². The van der Waals surface area contributed by atoms with E-state index in [1.165, 1.54) is 0 Å². The molecule has 0 saturated carbocycles. The number of aromatic nitrogens is 1. The molecule has 0 atom stereocenters. The average Bonchev–Trinajstić information content (AvgIpc) is 2.81. The van der Waals surface area contributed by atoms with Gasteiger partial charge in [0.05, 0.1) is 19.4 Å². The smallest absolute Gasteiger partial charge is 0.191 e. The van der Waals surface area contributed by atoms with Gasteiger partial charge in [0.15, 0.2) is 5.96 Å². The van der Waals surface area contributed by atoms with Gasteiger partial charge >= 0.3 is 0 Å². The molecule has 0 amide bonds. The lowest BCUT2D eigenvalue weighted by molar-refractivity contribution is 0.196. The molecule has 0 unspecified atom stereocenters. The van der Waals surface area contributed by atoms with Gasteiger partial charge in [-0.25, -0.2) is 0 Å². The highest BCUT2D eigenvalue weighted by molar-refractivity contribution is 5.80. The Morgan fingerprint density at radius 2 is 2.00 bits per heavy atom. The Bertz CT molecular complexity index is 792. The highest BCUT2D eigenvalue weighted by Gasteiger charge is 2.20. The first-order valence-electron chi connectivity index (χ1n) is 11.2. The highest BCUT2D eigenvalue weighted by atomic mass is 16.5. The Balaban J connectivity index is 1.37. The van der Waals surface area contributed by atoms with Gasteiger partial charge in [-0.2, -0.15) is 0 Å². The van der Waals surface area contributed by atoms with Crippen molar-refractivity contribution in [3.8, 4) is 11.5 Å². The lowest BCUT2D eigenvalue weighted by Crippen LogP contribution is -2.48. The molecular weight excluding hydrogens is 390 g/mol. The first-order valence-corrected chi connectivity index (χ1v) is 11.2. The van der Waals surface area contributed by atoms with Gasteiger partial charge in [-0.3, -0.25) is 14.9 Å². The molecular formula is C24H35N5O2. The van der Waals surface area contributed by atoms with E-state index in [2.05, 4.69) is 39.6 Å². The van der Waals surface area contributed by atoms with Crippen LogP contribution in [-0.4, -0.2) is 61.8 Å². The Morgan fingerprint density at radius 1 is 1.16 bits per heavy atom. The maximum Gasteiger partial charge on any atom is 0.191 e. The standard InChI is InChI=1S/C24H35N5O2/c1-3-25-24(27-14-7-17-31-23-10-6-9-22(18-23)30-2)28-20-11-15-29(16-12-20)19-21-8-4-5-13-26-21/h4-6,8-10,13,18,20H,3,7,11-12,14-17,19H2,1-2H3,(H2,25,27,28). The number of rotatable bonds is 10. The number of methoxy groups -OCH3 is 1. The molecule has 0 bridgehead atoms. The van der Waals surface area contributed by atoms with Gasteiger partial charge < -0.3 is 20.1 Å². The van der Waals surface area contributed by atoms with Crippen LogP contribution in [0.3, 0.4) is 0 Å². The molecule has 1 aliphatic rings. The Morgan fingerprint density at radius 3 is 2.74 bits per heavy atom. The first kappa shape index (κ1) is 22.9. The monoisotopic (exact) mass is 425 g/mol. The van der Waals surface area contributed by atoms with Gasteiger partial charge in [-0.1, -0.05) is 12.1 Å². The number of ether oxygens (including phenoxy) is 2. The van der Waals surface area contributed by atoms with Crippen molar-refractivity contribution < 1.29 is 9.47 Å². The molecule has 1 aromatic carbocycles. The summed E-state index contributed by atoms with van der Waals surface area (Å²) < 4.78 is 11.0. The van der Waals surface area contributed by atoms with Gasteiger partial charge in [0, 0.05) is 57.4 Å². The van der Waals surface area contributed by atoms with Crippen LogP contribution in [0, 0.1) is 0 Å². The molecule has 2 aromatic rings. The number of pyridine rings is 1. The van der Waals surface area contributed by atoms with E-state index in [0.717, 1.165) is 75.1 Å². The number of hydrogen-bond donors (Lipinski definition) is 2. The zero-order valence-electron chi connectivity index (χ0n) is 18.7. The molecule has 3 rings (SSSR count). The van der Waals surface area contributed by atoms with E-state index < -0.39 is 0 Å². The summed E-state index contributed by atoms with van der Waals surface area (Å²) in [6.45, 7) is 7.36. The third-order valence-electron chi connectivity index (χ3n) is 5.27. The summed E-state index contributed by atoms with van der Waals surface area (Å²) in [6.07, 6.45) is 4.94. The van der Waals surface area contributed by atoms with E-state index in [9.17, 15) is 0 Å². The van der Waals surface area contributed by atoms with Crippen molar-refractivity contribution in [1.29, 1.82) is 0 Å². The second-order valence-electron chi connectivity index (χ2n) is 7.66. The van der Waals surface area contributed by atoms with Crippen molar-refractivity contribution in [1.82, 2.24) is 20.5 Å². The molecule has 2 heterocycles. The van der Waals surface area contributed by atoms with E-state index in [1.54, 1.807) is 7.11 Å². The lowest BCUT2D eigenvalue weighted by Gasteiger charge is -2.32. The Kier molecular flexibility index (Phi) is 9.44. The molecule has 1 aromatic heterocycles. The Labute approximate surface area is 185 Å². The van der Waals surface area contributed by atoms with Gasteiger partial charge in [0.1, 0.15) is 11.5 Å². The zero-order valence-corrected chi connectivity index (χ0v) is 18.7. The van der Waals surface area contributed by atoms with Crippen LogP contribution in [0.2, 0.25) is 0 Å². The molecule has 7 nitrogen and oxygen atoms in total. The molecule has 1 aliphatic heterocycles. The number of guanidine groups is 1. The van der Waals surface area contributed by atoms with Crippen LogP contribution in [0.15, 0.2) is 53.7 Å². The molecule has 0 aliphatic carbocycles. The summed E-state index contributed by atoms with van der Waals surface area (Å²) in [5, 5.41) is 6.97. The second kappa shape index (κ2) is 12.8. The summed E-state index contributed by atoms with van der Waals surface area (Å²) in [7, 11) is 1.66. The van der Waals surface area contributed by atoms with Crippen molar-refractivity contribution in [2.75, 3.05) is 39.9 Å². The molecule has 2 N–H and O–H groups in total. The van der Waals surface area contributed by atoms with Gasteiger partial charge in [0.25, 0.3) is 0 Å². The maximum atomic E-state index is 5.80. The third-order valence-corrected chi connectivity index (χ3v) is 5.27. The molecule has 31 heavy (non-hydrogen) atoms. The SMILES string of the molecule is CCNC(=NCCCOc1cccc(OC)c1)NC1CCN(Cc2ccccn2)CC1. The lowest BCUT2D eigenvalue weighted by atomic mass is 10.0. The summed E-state index contributed by atoms with van der Waals surface area (Å²) >= 11 is 0. The minimum absolute atomic E-state index is 0.450. The fourth-order valence-corrected chi connectivity index (χ4v) is 3.61. The molecule has 0 spiro atoms. The van der Waals surface area contributed by atoms with Gasteiger partial charge in [0.2, 0.25) is 0 Å². The van der Waals surface area contributed by atoms with Gasteiger partial charge in [-0.05, 0) is 44.0 Å². The topological polar surface area (TPSA) is 71.0 Å². The maximum absolute atomic E-state index is 5.80. The second-order valence-corrected chi connectivity index (χ2v) is 7.66. The van der Waals surface area contributed by atoms with Crippen LogP contribution in [0.25, 0.3) is 0 Å². The van der Waals surface area contributed by atoms with Gasteiger partial charge in [-0.15, -0.1) is 0 Å². The van der Waals surface area contributed by atoms with Crippen molar-refractivity contribution in [2.45, 2.75) is 38.8 Å². The minimum Gasteiger partial charge on any atom is -0.497 e. The van der Waals surface area contributed by atoms with Crippen molar-refractivity contribution in [3.63, 3.8) is 0 Å². The first-order chi connectivity index (χ1) is 15.3. The predicted octanol–water partition coefficient (Wildman–Crippen LogP) is 3.08. The molecule has 7 heteroatoms. The summed E-state index contributed by atoms with van der Waals surface area (Å²) in [5.74, 6) is 2.53. The molecule has 168 valence electrons. The van der Waals surface area contributed by atoms with E-state index >= 15 is 0 Å². The Hall–Kier alpha value is -2.80. The third kappa shape index (κ3) is 8.09. The van der Waals surface area contributed by atoms with Crippen molar-refractivity contribution in [2.24, 2.45) is 4.99 Å². The fraction of sp³-hybridized carbons (Fsp3) is 0.500. The summed E-state index contributed by atoms with van der Waals surface area (Å²) in [6, 6.07) is 14.2. The van der Waals surface area contributed by atoms with Crippen LogP contribution in [0.1, 0.15) is 31.9 Å². The van der Waals surface area contributed by atoms with E-state index in [4.69, 9.17) is 14.5 Å². The highest BCUT2D eigenvalue weighted by Crippen LogP contribution is 2.18. The zero-order chi connectivity index (χ0) is 21.7. The van der Waals surface area contributed by atoms with E-state index in [0.29, 0.717) is 12.6 Å². The number of likely N-dealkylation sites (tertiary alicyclic amines) is 1. The van der Waals surface area contributed by atoms with E-state index in [1.807, 2.05) is 36.5 Å². The molecule has 0 radical (unpaired) electrons. The molecule has 1 fully saturated rings. The summed E-state index contributed by atoms with van der Waals surface area (Å²) in [4.78, 5) is 11.6.